The minimum atomic E-state index is 0.342. The van der Waals surface area contributed by atoms with Gasteiger partial charge < -0.3 is 10.2 Å². The molecule has 1 saturated carbocycles. The van der Waals surface area contributed by atoms with Gasteiger partial charge in [-0.15, -0.1) is 11.3 Å². The molecule has 0 radical (unpaired) electrons. The normalized spacial score (nSPS) is 18.0. The maximum Gasteiger partial charge on any atom is 0.138 e. The summed E-state index contributed by atoms with van der Waals surface area (Å²) in [7, 11) is 4.59. The van der Waals surface area contributed by atoms with E-state index in [-0.39, 0.29) is 0 Å². The van der Waals surface area contributed by atoms with Crippen molar-refractivity contribution in [3.05, 3.63) is 16.8 Å². The highest BCUT2D eigenvalue weighted by atomic mass is 32.1. The molecule has 2 aromatic rings. The van der Waals surface area contributed by atoms with Crippen LogP contribution in [0.25, 0.3) is 10.2 Å². The quantitative estimate of drug-likeness (QED) is 0.910. The topological polar surface area (TPSA) is 42.2 Å². The van der Waals surface area contributed by atoms with E-state index in [1.54, 1.807) is 22.6 Å². The molecule has 4 nitrogen and oxygen atoms in total. The van der Waals surface area contributed by atoms with Gasteiger partial charge in [-0.05, 0) is 32.3 Å². The number of anilines is 1. The number of thiophene rings is 1. The fraction of sp³-hybridized carbons (Fsp3) is 0.647. The van der Waals surface area contributed by atoms with Crippen LogP contribution in [0.15, 0.2) is 6.33 Å². The third-order valence-corrected chi connectivity index (χ3v) is 6.55. The Morgan fingerprint density at radius 2 is 1.91 bits per heavy atom. The van der Waals surface area contributed by atoms with Crippen molar-refractivity contribution in [2.24, 2.45) is 0 Å². The van der Waals surface area contributed by atoms with Gasteiger partial charge in [-0.2, -0.15) is 0 Å². The van der Waals surface area contributed by atoms with Crippen LogP contribution in [0.1, 0.15) is 42.5 Å². The van der Waals surface area contributed by atoms with E-state index in [0.717, 1.165) is 17.2 Å². The average Bonchev–Trinajstić information content (AvgIpc) is 2.81. The zero-order chi connectivity index (χ0) is 15.7. The van der Waals surface area contributed by atoms with Crippen molar-refractivity contribution in [1.29, 1.82) is 0 Å². The molecule has 120 valence electrons. The summed E-state index contributed by atoms with van der Waals surface area (Å²) in [5.74, 6) is 1.01. The summed E-state index contributed by atoms with van der Waals surface area (Å²) in [6.45, 7) is 5.34. The van der Waals surface area contributed by atoms with Crippen LogP contribution < -0.4 is 10.2 Å². The Hall–Kier alpha value is -1.20. The van der Waals surface area contributed by atoms with Gasteiger partial charge in [-0.3, -0.25) is 0 Å². The van der Waals surface area contributed by atoms with Crippen molar-refractivity contribution in [1.82, 2.24) is 9.97 Å². The van der Waals surface area contributed by atoms with Gasteiger partial charge in [0.1, 0.15) is 22.5 Å². The molecule has 0 aromatic carbocycles. The molecule has 1 aliphatic carbocycles. The summed E-state index contributed by atoms with van der Waals surface area (Å²) in [5, 5.41) is 4.88. The first-order valence-electron chi connectivity index (χ1n) is 8.29. The maximum absolute atomic E-state index is 4.53. The molecule has 1 aliphatic rings. The van der Waals surface area contributed by atoms with Crippen molar-refractivity contribution < 1.29 is 4.90 Å². The molecule has 2 aromatic heterocycles. The molecule has 0 amide bonds. The van der Waals surface area contributed by atoms with E-state index in [0.29, 0.717) is 5.54 Å². The minimum Gasteiger partial charge on any atom is -0.363 e. The predicted octanol–water partition coefficient (Wildman–Crippen LogP) is 2.57. The molecule has 5 heteroatoms. The van der Waals surface area contributed by atoms with Crippen molar-refractivity contribution in [2.75, 3.05) is 26.0 Å². The monoisotopic (exact) mass is 319 g/mol. The van der Waals surface area contributed by atoms with Crippen LogP contribution in [0.5, 0.6) is 0 Å². The van der Waals surface area contributed by atoms with E-state index in [1.165, 1.54) is 47.9 Å². The molecule has 22 heavy (non-hydrogen) atoms. The molecule has 2 heterocycles. The molecule has 0 bridgehead atoms. The zero-order valence-corrected chi connectivity index (χ0v) is 14.9. The zero-order valence-electron chi connectivity index (χ0n) is 14.1. The van der Waals surface area contributed by atoms with Gasteiger partial charge >= 0.3 is 0 Å². The van der Waals surface area contributed by atoms with E-state index < -0.39 is 0 Å². The van der Waals surface area contributed by atoms with Gasteiger partial charge in [0.25, 0.3) is 0 Å². The first-order valence-corrected chi connectivity index (χ1v) is 9.10. The van der Waals surface area contributed by atoms with E-state index in [2.05, 4.69) is 43.2 Å². The van der Waals surface area contributed by atoms with E-state index >= 15 is 0 Å². The molecule has 0 spiro atoms. The summed E-state index contributed by atoms with van der Waals surface area (Å²) in [6.07, 6.45) is 8.38. The van der Waals surface area contributed by atoms with Gasteiger partial charge in [0, 0.05) is 17.7 Å². The third kappa shape index (κ3) is 2.72. The lowest BCUT2D eigenvalue weighted by atomic mass is 9.80. The minimum absolute atomic E-state index is 0.342. The fourth-order valence-corrected chi connectivity index (χ4v) is 4.65. The Morgan fingerprint density at radius 1 is 1.18 bits per heavy atom. The van der Waals surface area contributed by atoms with Crippen LogP contribution in [-0.2, 0) is 0 Å². The van der Waals surface area contributed by atoms with Crippen molar-refractivity contribution in [3.63, 3.8) is 0 Å². The maximum atomic E-state index is 4.53. The predicted molar refractivity (Wildman–Crippen MR) is 94.0 cm³/mol. The molecular formula is C17H27N4S+. The van der Waals surface area contributed by atoms with E-state index in [4.69, 9.17) is 0 Å². The van der Waals surface area contributed by atoms with E-state index in [1.807, 2.05) is 0 Å². The number of rotatable bonds is 4. The highest BCUT2D eigenvalue weighted by Gasteiger charge is 2.38. The molecule has 3 rings (SSSR count). The number of hydrogen-bond donors (Lipinski definition) is 2. The Balaban J connectivity index is 1.87. The lowest BCUT2D eigenvalue weighted by Gasteiger charge is -2.40. The van der Waals surface area contributed by atoms with Crippen molar-refractivity contribution >= 4 is 27.4 Å². The number of nitrogens with one attached hydrogen (secondary N) is 2. The Kier molecular flexibility index (Phi) is 4.37. The van der Waals surface area contributed by atoms with E-state index in [9.17, 15) is 0 Å². The van der Waals surface area contributed by atoms with Crippen LogP contribution in [0, 0.1) is 13.8 Å². The number of hydrogen-bond acceptors (Lipinski definition) is 4. The lowest BCUT2D eigenvalue weighted by molar-refractivity contribution is -0.915. The number of fused-ring (bicyclic) bond motifs is 1. The SMILES string of the molecule is Cc1sc2ncnc(NCC3([NH+](C)C)CCCCC3)c2c1C. The van der Waals surface area contributed by atoms with Crippen molar-refractivity contribution in [3.8, 4) is 0 Å². The smallest absolute Gasteiger partial charge is 0.138 e. The number of aryl methyl sites for hydroxylation is 2. The summed E-state index contributed by atoms with van der Waals surface area (Å²) in [6, 6.07) is 0. The molecule has 0 unspecified atom stereocenters. The van der Waals surface area contributed by atoms with Crippen LogP contribution >= 0.6 is 11.3 Å². The van der Waals surface area contributed by atoms with Crippen LogP contribution in [0.4, 0.5) is 5.82 Å². The highest BCUT2D eigenvalue weighted by molar-refractivity contribution is 7.18. The first-order chi connectivity index (χ1) is 10.5. The summed E-state index contributed by atoms with van der Waals surface area (Å²) in [4.78, 5) is 13.0. The number of nitrogens with zero attached hydrogens (tertiary/aromatic N) is 2. The van der Waals surface area contributed by atoms with Gasteiger partial charge in [0.05, 0.1) is 26.0 Å². The second-order valence-corrected chi connectivity index (χ2v) is 8.08. The largest absolute Gasteiger partial charge is 0.363 e. The fourth-order valence-electron chi connectivity index (χ4n) is 3.65. The summed E-state index contributed by atoms with van der Waals surface area (Å²) < 4.78 is 0. The standard InChI is InChI=1S/C17H26N4S/c1-12-13(2)22-16-14(12)15(19-11-20-16)18-10-17(21(3)4)8-6-5-7-9-17/h11H,5-10H2,1-4H3,(H,18,19,20)/p+1. The average molecular weight is 319 g/mol. The molecular weight excluding hydrogens is 292 g/mol. The Labute approximate surface area is 137 Å². The Morgan fingerprint density at radius 3 is 2.59 bits per heavy atom. The lowest BCUT2D eigenvalue weighted by Crippen LogP contribution is -3.16. The molecule has 1 fully saturated rings. The molecule has 0 aliphatic heterocycles. The first kappa shape index (κ1) is 15.7. The summed E-state index contributed by atoms with van der Waals surface area (Å²) >= 11 is 1.76. The number of likely N-dealkylation sites (N-methyl/N-ethyl adjacent to an activating group) is 1. The van der Waals surface area contributed by atoms with Gasteiger partial charge in [-0.1, -0.05) is 6.42 Å². The Bertz CT molecular complexity index is 656. The van der Waals surface area contributed by atoms with Crippen molar-refractivity contribution in [2.45, 2.75) is 51.5 Å². The molecule has 0 saturated heterocycles. The molecule has 2 N–H and O–H groups in total. The number of aromatic nitrogens is 2. The van der Waals surface area contributed by atoms with Gasteiger partial charge in [-0.25, -0.2) is 9.97 Å². The van der Waals surface area contributed by atoms with Crippen LogP contribution in [0.3, 0.4) is 0 Å². The van der Waals surface area contributed by atoms with Gasteiger partial charge in [0.2, 0.25) is 0 Å². The van der Waals surface area contributed by atoms with Gasteiger partial charge in [0.15, 0.2) is 0 Å². The second kappa shape index (κ2) is 6.13. The molecule has 0 atom stereocenters. The highest BCUT2D eigenvalue weighted by Crippen LogP contribution is 2.33. The third-order valence-electron chi connectivity index (χ3n) is 5.43. The second-order valence-electron chi connectivity index (χ2n) is 6.88. The van der Waals surface area contributed by atoms with Crippen LogP contribution in [-0.4, -0.2) is 36.1 Å². The summed E-state index contributed by atoms with van der Waals surface area (Å²) in [5.41, 5.74) is 1.66. The van der Waals surface area contributed by atoms with Crippen LogP contribution in [0.2, 0.25) is 0 Å². The number of quaternary nitrogens is 1.